The van der Waals surface area contributed by atoms with Gasteiger partial charge >= 0.3 is 0 Å². The van der Waals surface area contributed by atoms with Gasteiger partial charge < -0.3 is 10.1 Å². The van der Waals surface area contributed by atoms with Gasteiger partial charge in [0, 0.05) is 12.3 Å². The highest BCUT2D eigenvalue weighted by atomic mass is 35.5. The lowest BCUT2D eigenvalue weighted by Gasteiger charge is -2.06. The number of carbonyl (C=O) groups excluding carboxylic acids is 1. The average molecular weight is 302 g/mol. The fourth-order valence-corrected chi connectivity index (χ4v) is 2.20. The van der Waals surface area contributed by atoms with E-state index in [1.165, 1.54) is 6.20 Å². The fourth-order valence-electron chi connectivity index (χ4n) is 2.02. The van der Waals surface area contributed by atoms with Crippen LogP contribution in [0.25, 0.3) is 5.52 Å². The lowest BCUT2D eigenvalue weighted by molar-refractivity contribution is 0.102. The second-order valence-electron chi connectivity index (χ2n) is 4.39. The fraction of sp³-hybridized carbons (Fsp3) is 0.0667. The van der Waals surface area contributed by atoms with Gasteiger partial charge in [-0.1, -0.05) is 23.7 Å². The zero-order valence-electron chi connectivity index (χ0n) is 11.2. The molecule has 21 heavy (non-hydrogen) atoms. The van der Waals surface area contributed by atoms with E-state index in [0.717, 1.165) is 0 Å². The van der Waals surface area contributed by atoms with Crippen LogP contribution in [0.4, 0.5) is 5.69 Å². The Labute approximate surface area is 126 Å². The first-order valence-corrected chi connectivity index (χ1v) is 6.64. The zero-order valence-corrected chi connectivity index (χ0v) is 12.0. The number of nitrogens with one attached hydrogen (secondary N) is 1. The molecule has 1 amide bonds. The number of benzene rings is 1. The number of hydrogen-bond donors (Lipinski definition) is 1. The van der Waals surface area contributed by atoms with Gasteiger partial charge in [0.05, 0.1) is 35.1 Å². The number of anilines is 1. The zero-order chi connectivity index (χ0) is 14.8. The molecular weight excluding hydrogens is 290 g/mol. The lowest BCUT2D eigenvalue weighted by atomic mass is 10.2. The number of para-hydroxylation sites is 1. The van der Waals surface area contributed by atoms with Crippen LogP contribution < -0.4 is 10.1 Å². The molecule has 5 nitrogen and oxygen atoms in total. The highest BCUT2D eigenvalue weighted by molar-refractivity contribution is 6.34. The summed E-state index contributed by atoms with van der Waals surface area (Å²) in [5.74, 6) is 0.390. The van der Waals surface area contributed by atoms with Gasteiger partial charge in [-0.25, -0.2) is 4.52 Å². The molecule has 3 aromatic rings. The Morgan fingerprint density at radius 2 is 2.14 bits per heavy atom. The average Bonchev–Trinajstić information content (AvgIpc) is 2.92. The summed E-state index contributed by atoms with van der Waals surface area (Å²) in [4.78, 5) is 12.4. The molecule has 0 aliphatic heterocycles. The van der Waals surface area contributed by atoms with E-state index in [0.29, 0.717) is 27.5 Å². The molecular formula is C15H12ClN3O2. The Bertz CT molecular complexity index is 814. The van der Waals surface area contributed by atoms with Crippen LogP contribution in [0.3, 0.4) is 0 Å². The smallest absolute Gasteiger partial charge is 0.259 e. The number of methoxy groups -OCH3 is 1. The molecule has 0 bridgehead atoms. The van der Waals surface area contributed by atoms with Gasteiger partial charge in [0.25, 0.3) is 5.91 Å². The third kappa shape index (κ3) is 2.55. The van der Waals surface area contributed by atoms with Crippen LogP contribution in [-0.2, 0) is 0 Å². The number of amides is 1. The van der Waals surface area contributed by atoms with Crippen LogP contribution in [0.1, 0.15) is 10.4 Å². The summed E-state index contributed by atoms with van der Waals surface area (Å²) in [5, 5.41) is 7.41. The second kappa shape index (κ2) is 5.46. The van der Waals surface area contributed by atoms with Crippen molar-refractivity contribution in [2.45, 2.75) is 0 Å². The predicted molar refractivity (Wildman–Crippen MR) is 81.1 cm³/mol. The third-order valence-electron chi connectivity index (χ3n) is 3.10. The Kier molecular flexibility index (Phi) is 3.50. The molecule has 0 radical (unpaired) electrons. The van der Waals surface area contributed by atoms with E-state index in [9.17, 15) is 4.79 Å². The molecule has 0 saturated carbocycles. The first-order valence-electron chi connectivity index (χ1n) is 6.26. The normalized spacial score (nSPS) is 10.6. The van der Waals surface area contributed by atoms with E-state index in [2.05, 4.69) is 10.4 Å². The minimum absolute atomic E-state index is 0.272. The summed E-state index contributed by atoms with van der Waals surface area (Å²) in [7, 11) is 1.58. The number of rotatable bonds is 3. The van der Waals surface area contributed by atoms with Crippen molar-refractivity contribution in [3.05, 3.63) is 59.4 Å². The number of carbonyl (C=O) groups is 1. The number of fused-ring (bicyclic) bond motifs is 1. The van der Waals surface area contributed by atoms with E-state index in [-0.39, 0.29) is 5.91 Å². The summed E-state index contributed by atoms with van der Waals surface area (Å²) in [6.45, 7) is 0. The molecule has 106 valence electrons. The van der Waals surface area contributed by atoms with Crippen molar-refractivity contribution in [3.63, 3.8) is 0 Å². The molecule has 0 unspecified atom stereocenters. The van der Waals surface area contributed by atoms with E-state index >= 15 is 0 Å². The predicted octanol–water partition coefficient (Wildman–Crippen LogP) is 3.25. The summed E-state index contributed by atoms with van der Waals surface area (Å²) < 4.78 is 6.78. The summed E-state index contributed by atoms with van der Waals surface area (Å²) in [6, 6.07) is 10.6. The summed E-state index contributed by atoms with van der Waals surface area (Å²) >= 11 is 6.04. The molecule has 2 aromatic heterocycles. The quantitative estimate of drug-likeness (QED) is 0.808. The molecule has 1 N–H and O–H groups in total. The van der Waals surface area contributed by atoms with Crippen LogP contribution in [0.15, 0.2) is 48.8 Å². The Balaban J connectivity index is 1.96. The largest absolute Gasteiger partial charge is 0.497 e. The molecule has 0 spiro atoms. The number of ether oxygens (including phenoxy) is 1. The van der Waals surface area contributed by atoms with E-state index in [4.69, 9.17) is 16.3 Å². The second-order valence-corrected chi connectivity index (χ2v) is 4.80. The molecule has 1 aromatic carbocycles. The maximum Gasteiger partial charge on any atom is 0.259 e. The van der Waals surface area contributed by atoms with Crippen molar-refractivity contribution in [2.24, 2.45) is 0 Å². The van der Waals surface area contributed by atoms with Crippen molar-refractivity contribution in [3.8, 4) is 5.75 Å². The SMILES string of the molecule is COc1ccn2ncc(C(=O)Nc3ccccc3Cl)c2c1. The number of pyridine rings is 1. The van der Waals surface area contributed by atoms with Crippen molar-refractivity contribution < 1.29 is 9.53 Å². The van der Waals surface area contributed by atoms with E-state index in [1.807, 2.05) is 0 Å². The maximum absolute atomic E-state index is 12.4. The highest BCUT2D eigenvalue weighted by Gasteiger charge is 2.14. The van der Waals surface area contributed by atoms with Crippen LogP contribution >= 0.6 is 11.6 Å². The first-order chi connectivity index (χ1) is 10.2. The van der Waals surface area contributed by atoms with Crippen molar-refractivity contribution in [2.75, 3.05) is 12.4 Å². The molecule has 0 aliphatic carbocycles. The number of nitrogens with zero attached hydrogens (tertiary/aromatic N) is 2. The maximum atomic E-state index is 12.4. The summed E-state index contributed by atoms with van der Waals surface area (Å²) in [5.41, 5.74) is 1.68. The van der Waals surface area contributed by atoms with Gasteiger partial charge in [0.2, 0.25) is 0 Å². The monoisotopic (exact) mass is 301 g/mol. The van der Waals surface area contributed by atoms with Gasteiger partial charge in [0.15, 0.2) is 0 Å². The Morgan fingerprint density at radius 1 is 1.33 bits per heavy atom. The number of aromatic nitrogens is 2. The molecule has 6 heteroatoms. The molecule has 0 fully saturated rings. The molecule has 0 saturated heterocycles. The van der Waals surface area contributed by atoms with Gasteiger partial charge in [-0.15, -0.1) is 0 Å². The van der Waals surface area contributed by atoms with Crippen LogP contribution in [0, 0.1) is 0 Å². The van der Waals surface area contributed by atoms with Crippen LogP contribution in [0.2, 0.25) is 5.02 Å². The lowest BCUT2D eigenvalue weighted by Crippen LogP contribution is -2.11. The molecule has 3 rings (SSSR count). The topological polar surface area (TPSA) is 55.6 Å². The third-order valence-corrected chi connectivity index (χ3v) is 3.42. The van der Waals surface area contributed by atoms with Gasteiger partial charge in [-0.05, 0) is 18.2 Å². The number of halogens is 1. The minimum Gasteiger partial charge on any atom is -0.497 e. The van der Waals surface area contributed by atoms with Crippen molar-refractivity contribution in [1.29, 1.82) is 0 Å². The molecule has 0 aliphatic rings. The number of hydrogen-bond acceptors (Lipinski definition) is 3. The minimum atomic E-state index is -0.272. The highest BCUT2D eigenvalue weighted by Crippen LogP contribution is 2.23. The van der Waals surface area contributed by atoms with Gasteiger partial charge in [0.1, 0.15) is 5.75 Å². The van der Waals surface area contributed by atoms with E-state index in [1.54, 1.807) is 54.2 Å². The standard InChI is InChI=1S/C15H12ClN3O2/c1-21-10-6-7-19-14(8-10)11(9-17-19)15(20)18-13-5-3-2-4-12(13)16/h2-9H,1H3,(H,18,20). The Morgan fingerprint density at radius 3 is 2.90 bits per heavy atom. The van der Waals surface area contributed by atoms with E-state index < -0.39 is 0 Å². The van der Waals surface area contributed by atoms with Gasteiger partial charge in [-0.3, -0.25) is 4.79 Å². The van der Waals surface area contributed by atoms with Crippen molar-refractivity contribution in [1.82, 2.24) is 9.61 Å². The van der Waals surface area contributed by atoms with Crippen LogP contribution in [0.5, 0.6) is 5.75 Å². The van der Waals surface area contributed by atoms with Crippen LogP contribution in [-0.4, -0.2) is 22.6 Å². The first kappa shape index (κ1) is 13.5. The summed E-state index contributed by atoms with van der Waals surface area (Å²) in [6.07, 6.45) is 3.25. The van der Waals surface area contributed by atoms with Crippen molar-refractivity contribution >= 4 is 28.7 Å². The Hall–Kier alpha value is -2.53. The molecule has 2 heterocycles. The van der Waals surface area contributed by atoms with Gasteiger partial charge in [-0.2, -0.15) is 5.10 Å². The molecule has 0 atom stereocenters.